The fraction of sp³-hybridized carbons (Fsp3) is 0. The van der Waals surface area contributed by atoms with Gasteiger partial charge in [-0.15, -0.1) is 0 Å². The molecule has 0 saturated heterocycles. The number of carbonyl (C=O) groups is 1. The number of aromatic hydroxyl groups is 1. The van der Waals surface area contributed by atoms with Gasteiger partial charge in [0.15, 0.2) is 0 Å². The zero-order chi connectivity index (χ0) is 18.2. The summed E-state index contributed by atoms with van der Waals surface area (Å²) in [4.78, 5) is 22.3. The molecule has 0 bridgehead atoms. The molecule has 0 radical (unpaired) electrons. The summed E-state index contributed by atoms with van der Waals surface area (Å²) in [7, 11) is -4.19. The van der Waals surface area contributed by atoms with Gasteiger partial charge in [0, 0.05) is 11.6 Å². The van der Waals surface area contributed by atoms with E-state index in [0.717, 1.165) is 18.2 Å². The lowest BCUT2D eigenvalue weighted by Crippen LogP contribution is -2.36. The Bertz CT molecular complexity index is 1030. The van der Waals surface area contributed by atoms with Gasteiger partial charge in [0.05, 0.1) is 22.4 Å². The highest BCUT2D eigenvalue weighted by atomic mass is 32.2. The van der Waals surface area contributed by atoms with Gasteiger partial charge in [0.2, 0.25) is 10.8 Å². The molecule has 0 aromatic heterocycles. The number of nitro groups is 1. The summed E-state index contributed by atoms with van der Waals surface area (Å²) in [6.07, 6.45) is 0. The normalized spacial score (nSPS) is 16.8. The Balaban J connectivity index is 1.96. The molecule has 0 spiro atoms. The molecule has 0 fully saturated rings. The lowest BCUT2D eigenvalue weighted by Gasteiger charge is -2.18. The predicted molar refractivity (Wildman–Crippen MR) is 89.1 cm³/mol. The van der Waals surface area contributed by atoms with E-state index in [1.54, 1.807) is 12.1 Å². The van der Waals surface area contributed by atoms with Crippen LogP contribution in [0.5, 0.6) is 5.75 Å². The van der Waals surface area contributed by atoms with Crippen LogP contribution >= 0.6 is 0 Å². The van der Waals surface area contributed by atoms with Crippen LogP contribution in [-0.2, 0) is 10.0 Å². The number of nitrogens with one attached hydrogen (secondary N) is 2. The quantitative estimate of drug-likeness (QED) is 0.426. The van der Waals surface area contributed by atoms with Crippen LogP contribution in [0.2, 0.25) is 0 Å². The topological polar surface area (TPSA) is 151 Å². The van der Waals surface area contributed by atoms with Crippen molar-refractivity contribution < 1.29 is 23.2 Å². The highest BCUT2D eigenvalue weighted by Crippen LogP contribution is 2.29. The number of nitrogens with zero attached hydrogens (tertiary/aromatic N) is 2. The first kappa shape index (κ1) is 16.4. The van der Waals surface area contributed by atoms with Crippen LogP contribution in [0.25, 0.3) is 0 Å². The summed E-state index contributed by atoms with van der Waals surface area (Å²) >= 11 is 0. The maximum absolute atomic E-state index is 12.3. The van der Waals surface area contributed by atoms with Gasteiger partial charge in [0.1, 0.15) is 5.75 Å². The number of phenols is 1. The maximum atomic E-state index is 12.3. The number of hydrazone groups is 1. The van der Waals surface area contributed by atoms with E-state index in [2.05, 4.69) is 15.2 Å². The van der Waals surface area contributed by atoms with Gasteiger partial charge in [-0.2, -0.15) is 13.5 Å². The number of hydrogen-bond donors (Lipinski definition) is 3. The van der Waals surface area contributed by atoms with E-state index < -0.39 is 31.5 Å². The zero-order valence-electron chi connectivity index (χ0n) is 12.3. The average Bonchev–Trinajstić information content (AvgIpc) is 2.55. The van der Waals surface area contributed by atoms with Crippen molar-refractivity contribution in [3.63, 3.8) is 0 Å². The second-order valence-electron chi connectivity index (χ2n) is 4.97. The highest BCUT2D eigenvalue weighted by molar-refractivity contribution is 8.09. The molecule has 0 atom stereocenters. The van der Waals surface area contributed by atoms with E-state index in [1.165, 1.54) is 12.1 Å². The van der Waals surface area contributed by atoms with Crippen LogP contribution in [-0.4, -0.2) is 29.3 Å². The summed E-state index contributed by atoms with van der Waals surface area (Å²) in [5.74, 6) is -1.34. The number of rotatable bonds is 3. The van der Waals surface area contributed by atoms with E-state index in [-0.39, 0.29) is 22.6 Å². The minimum absolute atomic E-state index is 0.0973. The lowest BCUT2D eigenvalue weighted by atomic mass is 10.1. The molecule has 0 unspecified atom stereocenters. The van der Waals surface area contributed by atoms with Gasteiger partial charge in [0.25, 0.3) is 15.7 Å². The summed E-state index contributed by atoms with van der Waals surface area (Å²) < 4.78 is 26.5. The van der Waals surface area contributed by atoms with Crippen molar-refractivity contribution in [2.24, 2.45) is 5.10 Å². The SMILES string of the molecule is O=C1/C(=N\Nc2ccc([N+](=O)[O-])cc2O)S(=O)(=O)Nc2ccccc21. The summed E-state index contributed by atoms with van der Waals surface area (Å²) in [6, 6.07) is 9.13. The van der Waals surface area contributed by atoms with E-state index in [1.807, 2.05) is 0 Å². The van der Waals surface area contributed by atoms with Gasteiger partial charge < -0.3 is 5.11 Å². The summed E-state index contributed by atoms with van der Waals surface area (Å²) in [6.45, 7) is 0. The van der Waals surface area contributed by atoms with Gasteiger partial charge >= 0.3 is 0 Å². The largest absolute Gasteiger partial charge is 0.505 e. The molecule has 25 heavy (non-hydrogen) atoms. The van der Waals surface area contributed by atoms with E-state index in [0.29, 0.717) is 0 Å². The molecule has 1 aliphatic heterocycles. The number of nitro benzene ring substituents is 1. The molecule has 0 amide bonds. The molecule has 2 aromatic rings. The molecule has 2 aromatic carbocycles. The molecule has 1 aliphatic rings. The van der Waals surface area contributed by atoms with Crippen molar-refractivity contribution in [3.8, 4) is 5.75 Å². The number of fused-ring (bicyclic) bond motifs is 1. The number of phenolic OH excluding ortho intramolecular Hbond substituents is 1. The maximum Gasteiger partial charge on any atom is 0.285 e. The Hall–Kier alpha value is -3.47. The van der Waals surface area contributed by atoms with Crippen LogP contribution in [0.4, 0.5) is 17.1 Å². The van der Waals surface area contributed by atoms with Crippen molar-refractivity contribution in [1.29, 1.82) is 0 Å². The molecule has 3 N–H and O–H groups in total. The molecule has 10 nitrogen and oxygen atoms in total. The number of non-ortho nitro benzene ring substituents is 1. The third kappa shape index (κ3) is 2.99. The van der Waals surface area contributed by atoms with Gasteiger partial charge in [-0.3, -0.25) is 25.1 Å². The standard InChI is InChI=1S/C14H10N4O6S/c19-12-7-8(18(21)22)5-6-11(12)15-16-14-13(20)9-3-1-2-4-10(9)17-25(14,23)24/h1-7,15,17,19H/b16-14+. The Morgan fingerprint density at radius 3 is 2.60 bits per heavy atom. The summed E-state index contributed by atoms with van der Waals surface area (Å²) in [5, 5.41) is 23.1. The molecular formula is C14H10N4O6S. The van der Waals surface area contributed by atoms with Crippen LogP contribution in [0.15, 0.2) is 47.6 Å². The number of carbonyl (C=O) groups excluding carboxylic acids is 1. The van der Waals surface area contributed by atoms with Crippen LogP contribution in [0.1, 0.15) is 10.4 Å². The van der Waals surface area contributed by atoms with Crippen LogP contribution in [0, 0.1) is 10.1 Å². The number of sulfonamides is 1. The van der Waals surface area contributed by atoms with Crippen LogP contribution in [0.3, 0.4) is 0 Å². The molecular weight excluding hydrogens is 352 g/mol. The first-order valence-electron chi connectivity index (χ1n) is 6.77. The minimum Gasteiger partial charge on any atom is -0.505 e. The first-order valence-corrected chi connectivity index (χ1v) is 8.25. The first-order chi connectivity index (χ1) is 11.8. The average molecular weight is 362 g/mol. The number of benzene rings is 2. The second-order valence-corrected chi connectivity index (χ2v) is 6.57. The van der Waals surface area contributed by atoms with Crippen molar-refractivity contribution in [2.75, 3.05) is 10.1 Å². The smallest absolute Gasteiger partial charge is 0.285 e. The fourth-order valence-electron chi connectivity index (χ4n) is 2.15. The van der Waals surface area contributed by atoms with Gasteiger partial charge in [-0.1, -0.05) is 12.1 Å². The number of anilines is 2. The highest BCUT2D eigenvalue weighted by Gasteiger charge is 2.35. The fourth-order valence-corrected chi connectivity index (χ4v) is 3.23. The molecule has 1 heterocycles. The number of ketones is 1. The number of para-hydroxylation sites is 1. The predicted octanol–water partition coefficient (Wildman–Crippen LogP) is 1.66. The van der Waals surface area contributed by atoms with Crippen LogP contribution < -0.4 is 10.1 Å². The Labute approximate surface area is 141 Å². The number of Topliss-reactive ketones (excluding diaryl/α,β-unsaturated/α-hetero) is 1. The zero-order valence-corrected chi connectivity index (χ0v) is 13.1. The van der Waals surface area contributed by atoms with Gasteiger partial charge in [-0.05, 0) is 18.2 Å². The minimum atomic E-state index is -4.19. The molecule has 128 valence electrons. The third-order valence-electron chi connectivity index (χ3n) is 3.33. The lowest BCUT2D eigenvalue weighted by molar-refractivity contribution is -0.384. The summed E-state index contributed by atoms with van der Waals surface area (Å²) in [5.41, 5.74) is 2.06. The van der Waals surface area contributed by atoms with E-state index in [9.17, 15) is 28.4 Å². The Kier molecular flexibility index (Phi) is 3.85. The second kappa shape index (κ2) is 5.87. The molecule has 0 saturated carbocycles. The van der Waals surface area contributed by atoms with E-state index in [4.69, 9.17) is 0 Å². The van der Waals surface area contributed by atoms with Crippen molar-refractivity contribution >= 4 is 37.9 Å². The van der Waals surface area contributed by atoms with Gasteiger partial charge in [-0.25, -0.2) is 0 Å². The molecule has 0 aliphatic carbocycles. The van der Waals surface area contributed by atoms with Crippen molar-refractivity contribution in [3.05, 3.63) is 58.1 Å². The molecule has 3 rings (SSSR count). The Morgan fingerprint density at radius 1 is 1.20 bits per heavy atom. The number of hydrogen-bond acceptors (Lipinski definition) is 8. The molecule has 11 heteroatoms. The third-order valence-corrected chi connectivity index (χ3v) is 4.61. The van der Waals surface area contributed by atoms with Crippen molar-refractivity contribution in [2.45, 2.75) is 0 Å². The Morgan fingerprint density at radius 2 is 1.92 bits per heavy atom. The van der Waals surface area contributed by atoms with E-state index >= 15 is 0 Å². The van der Waals surface area contributed by atoms with Crippen molar-refractivity contribution in [1.82, 2.24) is 0 Å². The monoisotopic (exact) mass is 362 g/mol.